The van der Waals surface area contributed by atoms with Crippen molar-refractivity contribution in [3.05, 3.63) is 0 Å². The Kier molecular flexibility index (Phi) is 3.38. The lowest BCUT2D eigenvalue weighted by atomic mass is 9.99. The molecular formula is C12H18N2O4. The molecule has 0 aliphatic carbocycles. The maximum atomic E-state index is 11.5. The smallest absolute Gasteiger partial charge is 0.323 e. The first-order valence-corrected chi connectivity index (χ1v) is 6.27. The molecule has 0 aromatic carbocycles. The van der Waals surface area contributed by atoms with Crippen LogP contribution in [0, 0.1) is 0 Å². The molecule has 100 valence electrons. The number of carboxylic acids is 1. The zero-order valence-corrected chi connectivity index (χ0v) is 10.5. The van der Waals surface area contributed by atoms with Gasteiger partial charge in [0.05, 0.1) is 0 Å². The minimum Gasteiger partial charge on any atom is -0.480 e. The molecule has 0 aromatic heterocycles. The summed E-state index contributed by atoms with van der Waals surface area (Å²) in [6.45, 7) is 3.16. The minimum absolute atomic E-state index is 0.142. The zero-order valence-electron chi connectivity index (χ0n) is 10.5. The van der Waals surface area contributed by atoms with Crippen molar-refractivity contribution in [2.24, 2.45) is 0 Å². The number of carbonyl (C=O) groups excluding carboxylic acids is 2. The standard InChI is InChI=1S/C12H18N2O4/c1-12(11(17)18)5-2-6-13(12)7-8-14-9(15)3-4-10(14)16/h2-8H2,1H3,(H,17,18). The zero-order chi connectivity index (χ0) is 13.3. The van der Waals surface area contributed by atoms with Gasteiger partial charge in [0.1, 0.15) is 5.54 Å². The summed E-state index contributed by atoms with van der Waals surface area (Å²) in [6.07, 6.45) is 2.03. The van der Waals surface area contributed by atoms with Crippen LogP contribution in [-0.4, -0.2) is 57.9 Å². The molecule has 0 aromatic rings. The molecule has 0 radical (unpaired) electrons. The van der Waals surface area contributed by atoms with Crippen molar-refractivity contribution in [1.82, 2.24) is 9.80 Å². The molecule has 0 spiro atoms. The highest BCUT2D eigenvalue weighted by atomic mass is 16.4. The Labute approximate surface area is 106 Å². The molecule has 18 heavy (non-hydrogen) atoms. The van der Waals surface area contributed by atoms with E-state index in [1.54, 1.807) is 6.92 Å². The molecule has 2 fully saturated rings. The van der Waals surface area contributed by atoms with E-state index in [-0.39, 0.29) is 24.7 Å². The van der Waals surface area contributed by atoms with Crippen molar-refractivity contribution in [2.75, 3.05) is 19.6 Å². The predicted molar refractivity (Wildman–Crippen MR) is 62.8 cm³/mol. The molecule has 2 aliphatic heterocycles. The number of nitrogens with zero attached hydrogens (tertiary/aromatic N) is 2. The van der Waals surface area contributed by atoms with Crippen LogP contribution in [-0.2, 0) is 14.4 Å². The molecule has 2 heterocycles. The fraction of sp³-hybridized carbons (Fsp3) is 0.750. The highest BCUT2D eigenvalue weighted by molar-refractivity contribution is 6.01. The van der Waals surface area contributed by atoms with E-state index in [1.807, 2.05) is 4.90 Å². The average Bonchev–Trinajstić information content (AvgIpc) is 2.83. The largest absolute Gasteiger partial charge is 0.480 e. The van der Waals surface area contributed by atoms with Gasteiger partial charge >= 0.3 is 5.97 Å². The van der Waals surface area contributed by atoms with Crippen molar-refractivity contribution in [2.45, 2.75) is 38.1 Å². The minimum atomic E-state index is -0.855. The SMILES string of the molecule is CC1(C(=O)O)CCCN1CCN1C(=O)CCC1=O. The van der Waals surface area contributed by atoms with Crippen molar-refractivity contribution in [1.29, 1.82) is 0 Å². The van der Waals surface area contributed by atoms with Gasteiger partial charge in [0.2, 0.25) is 11.8 Å². The first-order valence-electron chi connectivity index (χ1n) is 6.27. The summed E-state index contributed by atoms with van der Waals surface area (Å²) < 4.78 is 0. The average molecular weight is 254 g/mol. The third-order valence-corrected chi connectivity index (χ3v) is 4.00. The molecule has 1 N–H and O–H groups in total. The number of imide groups is 1. The van der Waals surface area contributed by atoms with E-state index in [4.69, 9.17) is 0 Å². The predicted octanol–water partition coefficient (Wildman–Crippen LogP) is 0.0745. The topological polar surface area (TPSA) is 77.9 Å². The Morgan fingerprint density at radius 3 is 2.44 bits per heavy atom. The Bertz CT molecular complexity index is 380. The maximum Gasteiger partial charge on any atom is 0.323 e. The summed E-state index contributed by atoms with van der Waals surface area (Å²) in [5.41, 5.74) is -0.855. The molecule has 2 aliphatic rings. The van der Waals surface area contributed by atoms with Crippen LogP contribution in [0.15, 0.2) is 0 Å². The molecule has 0 saturated carbocycles. The lowest BCUT2D eigenvalue weighted by Gasteiger charge is -2.32. The molecule has 0 bridgehead atoms. The highest BCUT2D eigenvalue weighted by Crippen LogP contribution is 2.29. The van der Waals surface area contributed by atoms with Gasteiger partial charge in [0.25, 0.3) is 0 Å². The number of rotatable bonds is 4. The number of hydrogen-bond donors (Lipinski definition) is 1. The Morgan fingerprint density at radius 2 is 1.89 bits per heavy atom. The quantitative estimate of drug-likeness (QED) is 0.719. The van der Waals surface area contributed by atoms with Gasteiger partial charge in [-0.2, -0.15) is 0 Å². The summed E-state index contributed by atoms with van der Waals surface area (Å²) in [4.78, 5) is 37.3. The van der Waals surface area contributed by atoms with Gasteiger partial charge in [-0.05, 0) is 26.3 Å². The van der Waals surface area contributed by atoms with Gasteiger partial charge in [-0.15, -0.1) is 0 Å². The van der Waals surface area contributed by atoms with E-state index < -0.39 is 11.5 Å². The van der Waals surface area contributed by atoms with Crippen LogP contribution in [0.3, 0.4) is 0 Å². The first kappa shape index (κ1) is 13.0. The number of carboxylic acid groups (broad SMARTS) is 1. The van der Waals surface area contributed by atoms with E-state index in [0.717, 1.165) is 6.42 Å². The number of amides is 2. The van der Waals surface area contributed by atoms with Gasteiger partial charge < -0.3 is 5.11 Å². The van der Waals surface area contributed by atoms with Gasteiger partial charge in [-0.1, -0.05) is 0 Å². The van der Waals surface area contributed by atoms with E-state index in [1.165, 1.54) is 4.90 Å². The number of likely N-dealkylation sites (tertiary alicyclic amines) is 2. The number of aliphatic carboxylic acids is 1. The second-order valence-corrected chi connectivity index (χ2v) is 5.11. The molecule has 6 heteroatoms. The maximum absolute atomic E-state index is 11.5. The number of carbonyl (C=O) groups is 3. The fourth-order valence-electron chi connectivity index (χ4n) is 2.71. The van der Waals surface area contributed by atoms with Gasteiger partial charge in [-0.25, -0.2) is 0 Å². The van der Waals surface area contributed by atoms with Crippen LogP contribution in [0.2, 0.25) is 0 Å². The van der Waals surface area contributed by atoms with Crippen molar-refractivity contribution in [3.8, 4) is 0 Å². The van der Waals surface area contributed by atoms with E-state index in [0.29, 0.717) is 26.1 Å². The van der Waals surface area contributed by atoms with E-state index >= 15 is 0 Å². The van der Waals surface area contributed by atoms with Crippen LogP contribution >= 0.6 is 0 Å². The summed E-state index contributed by atoms with van der Waals surface area (Å²) >= 11 is 0. The van der Waals surface area contributed by atoms with Crippen LogP contribution in [0.1, 0.15) is 32.6 Å². The van der Waals surface area contributed by atoms with Crippen LogP contribution in [0.25, 0.3) is 0 Å². The Balaban J connectivity index is 1.96. The van der Waals surface area contributed by atoms with E-state index in [9.17, 15) is 19.5 Å². The van der Waals surface area contributed by atoms with Gasteiger partial charge in [0, 0.05) is 25.9 Å². The van der Waals surface area contributed by atoms with Crippen LogP contribution in [0.4, 0.5) is 0 Å². The molecule has 1 atom stereocenters. The lowest BCUT2D eigenvalue weighted by Crippen LogP contribution is -2.50. The summed E-state index contributed by atoms with van der Waals surface area (Å²) in [5, 5.41) is 9.25. The molecule has 2 rings (SSSR count). The molecule has 2 amide bonds. The third-order valence-electron chi connectivity index (χ3n) is 4.00. The summed E-state index contributed by atoms with van der Waals surface area (Å²) in [6, 6.07) is 0. The Morgan fingerprint density at radius 1 is 1.28 bits per heavy atom. The molecule has 1 unspecified atom stereocenters. The second kappa shape index (κ2) is 4.68. The lowest BCUT2D eigenvalue weighted by molar-refractivity contribution is -0.148. The van der Waals surface area contributed by atoms with Crippen molar-refractivity contribution < 1.29 is 19.5 Å². The van der Waals surface area contributed by atoms with Crippen molar-refractivity contribution >= 4 is 17.8 Å². The van der Waals surface area contributed by atoms with Crippen LogP contribution in [0.5, 0.6) is 0 Å². The van der Waals surface area contributed by atoms with E-state index in [2.05, 4.69) is 0 Å². The molecular weight excluding hydrogens is 236 g/mol. The third kappa shape index (κ3) is 2.12. The molecule has 2 saturated heterocycles. The Hall–Kier alpha value is -1.43. The van der Waals surface area contributed by atoms with Crippen molar-refractivity contribution in [3.63, 3.8) is 0 Å². The van der Waals surface area contributed by atoms with Crippen LogP contribution < -0.4 is 0 Å². The second-order valence-electron chi connectivity index (χ2n) is 5.11. The monoisotopic (exact) mass is 254 g/mol. The fourth-order valence-corrected chi connectivity index (χ4v) is 2.71. The molecule has 6 nitrogen and oxygen atoms in total. The first-order chi connectivity index (χ1) is 8.45. The van der Waals surface area contributed by atoms with Gasteiger partial charge in [0.15, 0.2) is 0 Å². The highest BCUT2D eigenvalue weighted by Gasteiger charge is 2.43. The summed E-state index contributed by atoms with van der Waals surface area (Å²) in [7, 11) is 0. The van der Waals surface area contributed by atoms with Gasteiger partial charge in [-0.3, -0.25) is 24.2 Å². The summed E-state index contributed by atoms with van der Waals surface area (Å²) in [5.74, 6) is -1.12. The number of hydrogen-bond acceptors (Lipinski definition) is 4. The normalized spacial score (nSPS) is 29.3.